The van der Waals surface area contributed by atoms with E-state index in [0.717, 1.165) is 0 Å². The van der Waals surface area contributed by atoms with Gasteiger partial charge in [-0.05, 0) is 31.7 Å². The summed E-state index contributed by atoms with van der Waals surface area (Å²) in [5.74, 6) is 0. The number of allylic oxidation sites excluding steroid dienone is 1. The molecular formula is C16H17N. The third-order valence-corrected chi connectivity index (χ3v) is 3.38. The molecule has 0 saturated heterocycles. The molecule has 0 aliphatic carbocycles. The average Bonchev–Trinajstić information content (AvgIpc) is 2.27. The smallest absolute Gasteiger partial charge is 0.0506 e. The fourth-order valence-electron chi connectivity index (χ4n) is 2.71. The van der Waals surface area contributed by atoms with Gasteiger partial charge in [0, 0.05) is 10.9 Å². The highest BCUT2D eigenvalue weighted by molar-refractivity contribution is 6.01. The number of benzene rings is 2. The predicted molar refractivity (Wildman–Crippen MR) is 75.3 cm³/mol. The Morgan fingerprint density at radius 3 is 2.59 bits per heavy atom. The minimum absolute atomic E-state index is 0.0290. The van der Waals surface area contributed by atoms with Crippen LogP contribution in [0.4, 0.5) is 5.69 Å². The van der Waals surface area contributed by atoms with E-state index < -0.39 is 0 Å². The van der Waals surface area contributed by atoms with Crippen LogP contribution in [0.2, 0.25) is 0 Å². The molecule has 1 heteroatoms. The largest absolute Gasteiger partial charge is 0.376 e. The molecule has 0 atom stereocenters. The molecule has 2 aromatic rings. The van der Waals surface area contributed by atoms with Crippen LogP contribution in [0.15, 0.2) is 42.5 Å². The van der Waals surface area contributed by atoms with E-state index in [0.29, 0.717) is 0 Å². The molecule has 0 saturated carbocycles. The Hall–Kier alpha value is -1.76. The van der Waals surface area contributed by atoms with Crippen LogP contribution in [0.1, 0.15) is 26.3 Å². The maximum Gasteiger partial charge on any atom is 0.0506 e. The maximum atomic E-state index is 3.63. The fraction of sp³-hybridized carbons (Fsp3) is 0.250. The molecule has 1 aliphatic rings. The molecule has 0 radical (unpaired) electrons. The van der Waals surface area contributed by atoms with Crippen LogP contribution < -0.4 is 5.32 Å². The van der Waals surface area contributed by atoms with Crippen LogP contribution >= 0.6 is 0 Å². The van der Waals surface area contributed by atoms with E-state index in [1.54, 1.807) is 0 Å². The Kier molecular flexibility index (Phi) is 2.06. The summed E-state index contributed by atoms with van der Waals surface area (Å²) in [6.45, 7) is 6.61. The van der Waals surface area contributed by atoms with E-state index in [-0.39, 0.29) is 5.54 Å². The summed E-state index contributed by atoms with van der Waals surface area (Å²) in [4.78, 5) is 0. The lowest BCUT2D eigenvalue weighted by Crippen LogP contribution is -2.31. The summed E-state index contributed by atoms with van der Waals surface area (Å²) in [6, 6.07) is 13.0. The van der Waals surface area contributed by atoms with Gasteiger partial charge in [0.05, 0.1) is 11.2 Å². The SMILES string of the molecule is CC1=CC(C)(C)Nc2c1ccc1ccccc21. The molecule has 3 rings (SSSR count). The molecule has 1 heterocycles. The molecule has 2 aromatic carbocycles. The summed E-state index contributed by atoms with van der Waals surface area (Å²) < 4.78 is 0. The van der Waals surface area contributed by atoms with E-state index in [2.05, 4.69) is 68.6 Å². The predicted octanol–water partition coefficient (Wildman–Crippen LogP) is 4.45. The van der Waals surface area contributed by atoms with Gasteiger partial charge in [0.25, 0.3) is 0 Å². The van der Waals surface area contributed by atoms with Gasteiger partial charge in [-0.2, -0.15) is 0 Å². The number of anilines is 1. The van der Waals surface area contributed by atoms with E-state index in [1.807, 2.05) is 0 Å². The maximum absolute atomic E-state index is 3.63. The molecule has 1 aliphatic heterocycles. The monoisotopic (exact) mass is 223 g/mol. The van der Waals surface area contributed by atoms with Gasteiger partial charge < -0.3 is 5.32 Å². The average molecular weight is 223 g/mol. The van der Waals surface area contributed by atoms with E-state index in [1.165, 1.54) is 27.6 Å². The van der Waals surface area contributed by atoms with Gasteiger partial charge in [0.15, 0.2) is 0 Å². The van der Waals surface area contributed by atoms with Crippen LogP contribution in [0.25, 0.3) is 16.3 Å². The molecule has 1 N–H and O–H groups in total. The van der Waals surface area contributed by atoms with Gasteiger partial charge in [-0.3, -0.25) is 0 Å². The first kappa shape index (κ1) is 10.4. The number of hydrogen-bond donors (Lipinski definition) is 1. The lowest BCUT2D eigenvalue weighted by Gasteiger charge is -2.32. The fourth-order valence-corrected chi connectivity index (χ4v) is 2.71. The lowest BCUT2D eigenvalue weighted by atomic mass is 9.89. The standard InChI is InChI=1S/C16H17N/c1-11-10-16(2,3)17-15-13(11)9-8-12-6-4-5-7-14(12)15/h4-10,17H,1-3H3. The van der Waals surface area contributed by atoms with Crippen molar-refractivity contribution in [2.45, 2.75) is 26.3 Å². The molecule has 0 fully saturated rings. The zero-order valence-corrected chi connectivity index (χ0v) is 10.5. The summed E-state index contributed by atoms with van der Waals surface area (Å²) in [5.41, 5.74) is 3.98. The normalized spacial score (nSPS) is 17.2. The van der Waals surface area contributed by atoms with E-state index in [4.69, 9.17) is 0 Å². The first-order valence-electron chi connectivity index (χ1n) is 6.07. The van der Waals surface area contributed by atoms with Crippen molar-refractivity contribution in [3.63, 3.8) is 0 Å². The molecular weight excluding hydrogens is 206 g/mol. The minimum atomic E-state index is 0.0290. The van der Waals surface area contributed by atoms with Crippen molar-refractivity contribution >= 4 is 22.0 Å². The van der Waals surface area contributed by atoms with Crippen molar-refractivity contribution < 1.29 is 0 Å². The van der Waals surface area contributed by atoms with Crippen molar-refractivity contribution in [2.24, 2.45) is 0 Å². The second-order valence-corrected chi connectivity index (χ2v) is 5.38. The van der Waals surface area contributed by atoms with Crippen LogP contribution in [0.3, 0.4) is 0 Å². The van der Waals surface area contributed by atoms with Crippen LogP contribution in [0, 0.1) is 0 Å². The molecule has 0 unspecified atom stereocenters. The number of hydrogen-bond acceptors (Lipinski definition) is 1. The number of fused-ring (bicyclic) bond motifs is 3. The van der Waals surface area contributed by atoms with Gasteiger partial charge in [-0.15, -0.1) is 0 Å². The van der Waals surface area contributed by atoms with Gasteiger partial charge >= 0.3 is 0 Å². The van der Waals surface area contributed by atoms with Crippen LogP contribution in [-0.2, 0) is 0 Å². The highest BCUT2D eigenvalue weighted by Gasteiger charge is 2.23. The summed E-state index contributed by atoms with van der Waals surface area (Å²) in [6.07, 6.45) is 2.30. The van der Waals surface area contributed by atoms with Crippen molar-refractivity contribution in [1.29, 1.82) is 0 Å². The Morgan fingerprint density at radius 2 is 1.76 bits per heavy atom. The molecule has 0 bridgehead atoms. The highest BCUT2D eigenvalue weighted by atomic mass is 15.0. The summed E-state index contributed by atoms with van der Waals surface area (Å²) in [5, 5.41) is 6.24. The van der Waals surface area contributed by atoms with Crippen molar-refractivity contribution in [3.05, 3.63) is 48.0 Å². The second-order valence-electron chi connectivity index (χ2n) is 5.38. The van der Waals surface area contributed by atoms with E-state index >= 15 is 0 Å². The Morgan fingerprint density at radius 1 is 1.00 bits per heavy atom. The first-order chi connectivity index (χ1) is 8.07. The third-order valence-electron chi connectivity index (χ3n) is 3.38. The highest BCUT2D eigenvalue weighted by Crippen LogP contribution is 2.38. The van der Waals surface area contributed by atoms with Crippen LogP contribution in [-0.4, -0.2) is 5.54 Å². The second kappa shape index (κ2) is 3.36. The number of rotatable bonds is 0. The summed E-state index contributed by atoms with van der Waals surface area (Å²) in [7, 11) is 0. The number of nitrogens with one attached hydrogen (secondary N) is 1. The van der Waals surface area contributed by atoms with Crippen molar-refractivity contribution in [2.75, 3.05) is 5.32 Å². The van der Waals surface area contributed by atoms with Gasteiger partial charge in [-0.25, -0.2) is 0 Å². The van der Waals surface area contributed by atoms with Crippen molar-refractivity contribution in [1.82, 2.24) is 0 Å². The third kappa shape index (κ3) is 1.62. The molecule has 86 valence electrons. The van der Waals surface area contributed by atoms with E-state index in [9.17, 15) is 0 Å². The molecule has 1 nitrogen and oxygen atoms in total. The summed E-state index contributed by atoms with van der Waals surface area (Å²) >= 11 is 0. The zero-order chi connectivity index (χ0) is 12.0. The van der Waals surface area contributed by atoms with Gasteiger partial charge in [0.1, 0.15) is 0 Å². The Labute approximate surface area is 102 Å². The van der Waals surface area contributed by atoms with Crippen molar-refractivity contribution in [3.8, 4) is 0 Å². The van der Waals surface area contributed by atoms with Crippen LogP contribution in [0.5, 0.6) is 0 Å². The lowest BCUT2D eigenvalue weighted by molar-refractivity contribution is 0.709. The topological polar surface area (TPSA) is 12.0 Å². The molecule has 0 aromatic heterocycles. The van der Waals surface area contributed by atoms with Gasteiger partial charge in [0.2, 0.25) is 0 Å². The van der Waals surface area contributed by atoms with Gasteiger partial charge in [-0.1, -0.05) is 42.5 Å². The zero-order valence-electron chi connectivity index (χ0n) is 10.5. The minimum Gasteiger partial charge on any atom is -0.376 e. The molecule has 17 heavy (non-hydrogen) atoms. The molecule has 0 spiro atoms. The Bertz CT molecular complexity index is 620. The first-order valence-corrected chi connectivity index (χ1v) is 6.07. The Balaban J connectivity index is 2.35. The molecule has 0 amide bonds. The quantitative estimate of drug-likeness (QED) is 0.696.